The van der Waals surface area contributed by atoms with E-state index in [1.54, 1.807) is 12.1 Å². The molecule has 1 aliphatic rings. The zero-order valence-corrected chi connectivity index (χ0v) is 15.9. The summed E-state index contributed by atoms with van der Waals surface area (Å²) >= 11 is 0. The quantitative estimate of drug-likeness (QED) is 0.362. The number of ether oxygens (including phenoxy) is 1. The molecule has 29 heavy (non-hydrogen) atoms. The van der Waals surface area contributed by atoms with E-state index in [2.05, 4.69) is 9.55 Å². The number of imidazole rings is 1. The van der Waals surface area contributed by atoms with E-state index in [0.29, 0.717) is 11.3 Å². The highest BCUT2D eigenvalue weighted by atomic mass is 16.6. The fraction of sp³-hybridized carbons (Fsp3) is 0.273. The Kier molecular flexibility index (Phi) is 5.37. The molecule has 0 fully saturated rings. The van der Waals surface area contributed by atoms with E-state index in [1.807, 2.05) is 30.3 Å². The first-order chi connectivity index (χ1) is 14.1. The lowest BCUT2D eigenvalue weighted by molar-refractivity contribution is -0.384. The predicted molar refractivity (Wildman–Crippen MR) is 107 cm³/mol. The second kappa shape index (κ2) is 8.26. The standard InChI is InChI=1S/C22H21N3O4/c26-22(29-15-16-10-12-18(13-11-16)25(27)28)20-19-9-5-2-6-14-24(19)21(23-20)17-7-3-1-4-8-17/h1,3-4,7-8,10-13H,2,5-6,9,14-15H2. The number of esters is 1. The number of benzene rings is 2. The molecule has 3 aromatic rings. The Morgan fingerprint density at radius 1 is 1.07 bits per heavy atom. The molecule has 0 N–H and O–H groups in total. The van der Waals surface area contributed by atoms with Gasteiger partial charge in [0.1, 0.15) is 12.4 Å². The predicted octanol–water partition coefficient (Wildman–Crippen LogP) is 4.54. The van der Waals surface area contributed by atoms with Gasteiger partial charge in [0.15, 0.2) is 5.69 Å². The SMILES string of the molecule is O=C(OCc1ccc([N+](=O)[O-])cc1)c1nc(-c2ccccc2)n2c1CCCCC2. The zero-order valence-electron chi connectivity index (χ0n) is 15.9. The highest BCUT2D eigenvalue weighted by molar-refractivity contribution is 5.89. The van der Waals surface area contributed by atoms with Crippen molar-refractivity contribution < 1.29 is 14.5 Å². The fourth-order valence-corrected chi connectivity index (χ4v) is 3.62. The number of hydrogen-bond acceptors (Lipinski definition) is 5. The van der Waals surface area contributed by atoms with Gasteiger partial charge >= 0.3 is 5.97 Å². The molecule has 1 aromatic heterocycles. The van der Waals surface area contributed by atoms with Gasteiger partial charge in [-0.25, -0.2) is 9.78 Å². The van der Waals surface area contributed by atoms with Gasteiger partial charge in [0.25, 0.3) is 5.69 Å². The molecule has 2 aromatic carbocycles. The van der Waals surface area contributed by atoms with E-state index in [1.165, 1.54) is 12.1 Å². The normalized spacial score (nSPS) is 13.4. The number of non-ortho nitro benzene ring substituents is 1. The number of hydrogen-bond donors (Lipinski definition) is 0. The average Bonchev–Trinajstić information content (AvgIpc) is 2.94. The first-order valence-corrected chi connectivity index (χ1v) is 9.69. The van der Waals surface area contributed by atoms with Crippen LogP contribution in [0.5, 0.6) is 0 Å². The van der Waals surface area contributed by atoms with Crippen molar-refractivity contribution in [2.45, 2.75) is 38.8 Å². The molecule has 0 atom stereocenters. The third-order valence-electron chi connectivity index (χ3n) is 5.11. The molecule has 0 radical (unpaired) electrons. The lowest BCUT2D eigenvalue weighted by atomic mass is 10.1. The summed E-state index contributed by atoms with van der Waals surface area (Å²) in [7, 11) is 0. The highest BCUT2D eigenvalue weighted by Crippen LogP contribution is 2.27. The maximum atomic E-state index is 12.8. The molecule has 148 valence electrons. The molecule has 7 heteroatoms. The average molecular weight is 391 g/mol. The van der Waals surface area contributed by atoms with Crippen molar-refractivity contribution in [3.63, 3.8) is 0 Å². The van der Waals surface area contributed by atoms with Crippen LogP contribution in [0.25, 0.3) is 11.4 Å². The van der Waals surface area contributed by atoms with Crippen LogP contribution >= 0.6 is 0 Å². The van der Waals surface area contributed by atoms with Crippen LogP contribution in [0.4, 0.5) is 5.69 Å². The smallest absolute Gasteiger partial charge is 0.359 e. The Morgan fingerprint density at radius 3 is 2.55 bits per heavy atom. The van der Waals surface area contributed by atoms with Crippen LogP contribution in [0.1, 0.15) is 41.0 Å². The summed E-state index contributed by atoms with van der Waals surface area (Å²) < 4.78 is 7.63. The molecule has 0 bridgehead atoms. The van der Waals surface area contributed by atoms with E-state index in [0.717, 1.165) is 49.3 Å². The second-order valence-corrected chi connectivity index (χ2v) is 7.06. The summed E-state index contributed by atoms with van der Waals surface area (Å²) in [6.07, 6.45) is 3.98. The van der Waals surface area contributed by atoms with E-state index >= 15 is 0 Å². The number of fused-ring (bicyclic) bond motifs is 1. The number of rotatable bonds is 5. The summed E-state index contributed by atoms with van der Waals surface area (Å²) in [4.78, 5) is 27.8. The molecule has 0 saturated heterocycles. The molecular formula is C22H21N3O4. The van der Waals surface area contributed by atoms with Crippen LogP contribution < -0.4 is 0 Å². The monoisotopic (exact) mass is 391 g/mol. The van der Waals surface area contributed by atoms with Crippen LogP contribution in [0.15, 0.2) is 54.6 Å². The van der Waals surface area contributed by atoms with Crippen molar-refractivity contribution in [3.8, 4) is 11.4 Å². The van der Waals surface area contributed by atoms with E-state index in [4.69, 9.17) is 4.74 Å². The summed E-state index contributed by atoms with van der Waals surface area (Å²) in [5.74, 6) is 0.334. The van der Waals surface area contributed by atoms with Gasteiger partial charge in [-0.05, 0) is 37.0 Å². The summed E-state index contributed by atoms with van der Waals surface area (Å²) in [6, 6.07) is 15.8. The summed E-state index contributed by atoms with van der Waals surface area (Å²) in [6.45, 7) is 0.881. The number of nitro groups is 1. The summed E-state index contributed by atoms with van der Waals surface area (Å²) in [5, 5.41) is 10.8. The van der Waals surface area contributed by atoms with Gasteiger partial charge in [-0.15, -0.1) is 0 Å². The minimum absolute atomic E-state index is 0.00648. The van der Waals surface area contributed by atoms with Crippen LogP contribution in [0.3, 0.4) is 0 Å². The third-order valence-corrected chi connectivity index (χ3v) is 5.11. The van der Waals surface area contributed by atoms with Crippen LogP contribution in [-0.4, -0.2) is 20.4 Å². The maximum Gasteiger partial charge on any atom is 0.359 e. The lowest BCUT2D eigenvalue weighted by Gasteiger charge is -2.09. The van der Waals surface area contributed by atoms with Gasteiger partial charge in [-0.3, -0.25) is 10.1 Å². The largest absolute Gasteiger partial charge is 0.456 e. The van der Waals surface area contributed by atoms with Crippen LogP contribution in [-0.2, 0) is 24.3 Å². The number of nitro benzene ring substituents is 1. The Bertz CT molecular complexity index is 1030. The molecule has 0 amide bonds. The molecule has 0 spiro atoms. The van der Waals surface area contributed by atoms with Crippen molar-refractivity contribution in [1.29, 1.82) is 0 Å². The first-order valence-electron chi connectivity index (χ1n) is 9.69. The topological polar surface area (TPSA) is 87.3 Å². The zero-order chi connectivity index (χ0) is 20.2. The summed E-state index contributed by atoms with van der Waals surface area (Å²) in [5.41, 5.74) is 2.97. The van der Waals surface area contributed by atoms with Crippen molar-refractivity contribution >= 4 is 11.7 Å². The van der Waals surface area contributed by atoms with Crippen molar-refractivity contribution in [1.82, 2.24) is 9.55 Å². The molecule has 4 rings (SSSR count). The number of nitrogens with zero attached hydrogens (tertiary/aromatic N) is 3. The number of aromatic nitrogens is 2. The molecule has 1 aliphatic heterocycles. The van der Waals surface area contributed by atoms with Gasteiger partial charge in [-0.2, -0.15) is 0 Å². The second-order valence-electron chi connectivity index (χ2n) is 7.06. The Hall–Kier alpha value is -3.48. The van der Waals surface area contributed by atoms with Crippen LogP contribution in [0.2, 0.25) is 0 Å². The molecule has 0 unspecified atom stereocenters. The Morgan fingerprint density at radius 2 is 1.83 bits per heavy atom. The number of carbonyl (C=O) groups is 1. The van der Waals surface area contributed by atoms with Gasteiger partial charge in [0.2, 0.25) is 0 Å². The molecular weight excluding hydrogens is 370 g/mol. The third kappa shape index (κ3) is 4.03. The van der Waals surface area contributed by atoms with Gasteiger partial charge in [0, 0.05) is 24.2 Å². The van der Waals surface area contributed by atoms with Crippen molar-refractivity contribution in [2.24, 2.45) is 0 Å². The molecule has 7 nitrogen and oxygen atoms in total. The minimum atomic E-state index is -0.462. The molecule has 0 aliphatic carbocycles. The Labute approximate surface area is 168 Å². The van der Waals surface area contributed by atoms with Gasteiger partial charge < -0.3 is 9.30 Å². The maximum absolute atomic E-state index is 12.8. The van der Waals surface area contributed by atoms with Gasteiger partial charge in [-0.1, -0.05) is 36.8 Å². The van der Waals surface area contributed by atoms with E-state index in [-0.39, 0.29) is 12.3 Å². The Balaban J connectivity index is 1.58. The van der Waals surface area contributed by atoms with Crippen molar-refractivity contribution in [3.05, 3.63) is 81.7 Å². The lowest BCUT2D eigenvalue weighted by Crippen LogP contribution is -2.10. The minimum Gasteiger partial charge on any atom is -0.456 e. The highest BCUT2D eigenvalue weighted by Gasteiger charge is 2.25. The van der Waals surface area contributed by atoms with Gasteiger partial charge in [0.05, 0.1) is 10.6 Å². The first kappa shape index (κ1) is 18.9. The fourth-order valence-electron chi connectivity index (χ4n) is 3.62. The number of carbonyl (C=O) groups excluding carboxylic acids is 1. The molecule has 2 heterocycles. The van der Waals surface area contributed by atoms with E-state index in [9.17, 15) is 14.9 Å². The van der Waals surface area contributed by atoms with Crippen LogP contribution in [0, 0.1) is 10.1 Å². The van der Waals surface area contributed by atoms with E-state index < -0.39 is 10.9 Å². The van der Waals surface area contributed by atoms with Crippen molar-refractivity contribution in [2.75, 3.05) is 0 Å². The molecule has 0 saturated carbocycles.